The minimum absolute atomic E-state index is 0.135. The second kappa shape index (κ2) is 5.39. The van der Waals surface area contributed by atoms with E-state index < -0.39 is 0 Å². The minimum Gasteiger partial charge on any atom is -0.349 e. The maximum absolute atomic E-state index is 13.2. The van der Waals surface area contributed by atoms with Crippen molar-refractivity contribution in [1.29, 1.82) is 0 Å². The normalized spacial score (nSPS) is 14.0. The van der Waals surface area contributed by atoms with Crippen molar-refractivity contribution in [1.82, 2.24) is 19.7 Å². The SMILES string of the molecule is O=C(NC1CC1)c1cnn(-c2ccc(F)cc2)c1-n1cccc1. The van der Waals surface area contributed by atoms with Gasteiger partial charge in [0.25, 0.3) is 5.91 Å². The lowest BCUT2D eigenvalue weighted by Gasteiger charge is -2.11. The molecule has 1 aromatic carbocycles. The molecule has 5 nitrogen and oxygen atoms in total. The number of hydrogen-bond acceptors (Lipinski definition) is 2. The van der Waals surface area contributed by atoms with Crippen LogP contribution in [0, 0.1) is 5.82 Å². The van der Waals surface area contributed by atoms with Gasteiger partial charge in [-0.25, -0.2) is 9.07 Å². The Labute approximate surface area is 132 Å². The van der Waals surface area contributed by atoms with Crippen LogP contribution in [0.1, 0.15) is 23.2 Å². The Hall–Kier alpha value is -2.89. The molecule has 1 amide bonds. The van der Waals surface area contributed by atoms with Crippen LogP contribution in [0.4, 0.5) is 4.39 Å². The summed E-state index contributed by atoms with van der Waals surface area (Å²) in [5.74, 6) is 0.194. The molecule has 1 aliphatic carbocycles. The monoisotopic (exact) mass is 310 g/mol. The van der Waals surface area contributed by atoms with E-state index in [0.29, 0.717) is 17.1 Å². The number of rotatable bonds is 4. The van der Waals surface area contributed by atoms with Gasteiger partial charge in [-0.05, 0) is 49.2 Å². The van der Waals surface area contributed by atoms with Gasteiger partial charge in [-0.2, -0.15) is 5.10 Å². The molecular formula is C17H15FN4O. The van der Waals surface area contributed by atoms with Gasteiger partial charge >= 0.3 is 0 Å². The van der Waals surface area contributed by atoms with E-state index >= 15 is 0 Å². The second-order valence-electron chi connectivity index (χ2n) is 5.61. The number of benzene rings is 1. The second-order valence-corrected chi connectivity index (χ2v) is 5.61. The van der Waals surface area contributed by atoms with Crippen LogP contribution >= 0.6 is 0 Å². The number of carbonyl (C=O) groups is 1. The fraction of sp³-hybridized carbons (Fsp3) is 0.176. The lowest BCUT2D eigenvalue weighted by molar-refractivity contribution is 0.0951. The molecule has 0 radical (unpaired) electrons. The summed E-state index contributed by atoms with van der Waals surface area (Å²) in [6.07, 6.45) is 7.31. The molecule has 1 saturated carbocycles. The Morgan fingerprint density at radius 1 is 1.17 bits per heavy atom. The smallest absolute Gasteiger partial charge is 0.256 e. The summed E-state index contributed by atoms with van der Waals surface area (Å²) in [7, 11) is 0. The summed E-state index contributed by atoms with van der Waals surface area (Å²) < 4.78 is 16.6. The van der Waals surface area contributed by atoms with Crippen LogP contribution in [0.15, 0.2) is 55.0 Å². The van der Waals surface area contributed by atoms with E-state index in [1.165, 1.54) is 12.1 Å². The summed E-state index contributed by atoms with van der Waals surface area (Å²) in [4.78, 5) is 12.5. The number of aromatic nitrogens is 3. The van der Waals surface area contributed by atoms with Gasteiger partial charge in [-0.1, -0.05) is 0 Å². The number of nitrogens with zero attached hydrogens (tertiary/aromatic N) is 3. The van der Waals surface area contributed by atoms with Crippen molar-refractivity contribution in [3.8, 4) is 11.5 Å². The van der Waals surface area contributed by atoms with E-state index in [4.69, 9.17) is 0 Å². The van der Waals surface area contributed by atoms with Gasteiger partial charge < -0.3 is 9.88 Å². The predicted molar refractivity (Wildman–Crippen MR) is 83.3 cm³/mol. The third-order valence-corrected chi connectivity index (χ3v) is 3.82. The van der Waals surface area contributed by atoms with Crippen LogP contribution in [-0.2, 0) is 0 Å². The molecule has 1 aliphatic rings. The number of carbonyl (C=O) groups excluding carboxylic acids is 1. The van der Waals surface area contributed by atoms with Crippen molar-refractivity contribution in [2.75, 3.05) is 0 Å². The van der Waals surface area contributed by atoms with E-state index in [2.05, 4.69) is 10.4 Å². The van der Waals surface area contributed by atoms with Crippen molar-refractivity contribution in [3.05, 3.63) is 66.4 Å². The van der Waals surface area contributed by atoms with Crippen LogP contribution in [0.3, 0.4) is 0 Å². The van der Waals surface area contributed by atoms with Crippen molar-refractivity contribution in [2.45, 2.75) is 18.9 Å². The van der Waals surface area contributed by atoms with E-state index in [-0.39, 0.29) is 17.8 Å². The quantitative estimate of drug-likeness (QED) is 0.805. The largest absolute Gasteiger partial charge is 0.349 e. The summed E-state index contributed by atoms with van der Waals surface area (Å²) in [6.45, 7) is 0. The van der Waals surface area contributed by atoms with E-state index in [0.717, 1.165) is 12.8 Å². The zero-order valence-electron chi connectivity index (χ0n) is 12.3. The first-order valence-corrected chi connectivity index (χ1v) is 7.50. The Kier molecular flexibility index (Phi) is 3.22. The molecule has 0 spiro atoms. The molecule has 0 saturated heterocycles. The molecule has 4 rings (SSSR count). The van der Waals surface area contributed by atoms with E-state index in [1.54, 1.807) is 23.0 Å². The summed E-state index contributed by atoms with van der Waals surface area (Å²) >= 11 is 0. The third-order valence-electron chi connectivity index (χ3n) is 3.82. The summed E-state index contributed by atoms with van der Waals surface area (Å²) in [5.41, 5.74) is 1.19. The first-order chi connectivity index (χ1) is 11.2. The van der Waals surface area contributed by atoms with Gasteiger partial charge in [-0.3, -0.25) is 4.79 Å². The molecule has 0 aliphatic heterocycles. The Bertz CT molecular complexity index is 832. The molecule has 3 aromatic rings. The van der Waals surface area contributed by atoms with Crippen molar-refractivity contribution >= 4 is 5.91 Å². The highest BCUT2D eigenvalue weighted by atomic mass is 19.1. The van der Waals surface area contributed by atoms with Gasteiger partial charge in [0.05, 0.1) is 11.9 Å². The molecule has 116 valence electrons. The molecule has 2 heterocycles. The highest BCUT2D eigenvalue weighted by Gasteiger charge is 2.27. The van der Waals surface area contributed by atoms with Gasteiger partial charge in [-0.15, -0.1) is 0 Å². The van der Waals surface area contributed by atoms with Gasteiger partial charge in [0.15, 0.2) is 5.82 Å². The van der Waals surface area contributed by atoms with Crippen molar-refractivity contribution in [2.24, 2.45) is 0 Å². The van der Waals surface area contributed by atoms with Gasteiger partial charge in [0, 0.05) is 18.4 Å². The highest BCUT2D eigenvalue weighted by Crippen LogP contribution is 2.23. The topological polar surface area (TPSA) is 51.9 Å². The maximum Gasteiger partial charge on any atom is 0.256 e. The molecule has 23 heavy (non-hydrogen) atoms. The summed E-state index contributed by atoms with van der Waals surface area (Å²) in [5, 5.41) is 7.31. The van der Waals surface area contributed by atoms with Crippen LogP contribution < -0.4 is 5.32 Å². The Balaban J connectivity index is 1.81. The molecule has 1 N–H and O–H groups in total. The van der Waals surface area contributed by atoms with Crippen molar-refractivity contribution < 1.29 is 9.18 Å². The number of halogens is 1. The van der Waals surface area contributed by atoms with Crippen LogP contribution in [0.25, 0.3) is 11.5 Å². The molecular weight excluding hydrogens is 295 g/mol. The first kappa shape index (κ1) is 13.8. The predicted octanol–water partition coefficient (Wildman–Crippen LogP) is 2.69. The zero-order valence-corrected chi connectivity index (χ0v) is 12.3. The highest BCUT2D eigenvalue weighted by molar-refractivity contribution is 5.97. The maximum atomic E-state index is 13.2. The van der Waals surface area contributed by atoms with E-state index in [1.807, 2.05) is 29.1 Å². The van der Waals surface area contributed by atoms with Crippen molar-refractivity contribution in [3.63, 3.8) is 0 Å². The number of nitrogens with one attached hydrogen (secondary N) is 1. The van der Waals surface area contributed by atoms with Gasteiger partial charge in [0.2, 0.25) is 0 Å². The van der Waals surface area contributed by atoms with Crippen LogP contribution in [-0.4, -0.2) is 26.3 Å². The first-order valence-electron chi connectivity index (χ1n) is 7.50. The fourth-order valence-corrected chi connectivity index (χ4v) is 2.49. The van der Waals surface area contributed by atoms with Crippen LogP contribution in [0.2, 0.25) is 0 Å². The number of hydrogen-bond donors (Lipinski definition) is 1. The summed E-state index contributed by atoms with van der Waals surface area (Å²) in [6, 6.07) is 10.1. The molecule has 2 aromatic heterocycles. The Morgan fingerprint density at radius 3 is 2.52 bits per heavy atom. The van der Waals surface area contributed by atoms with Gasteiger partial charge in [0.1, 0.15) is 11.4 Å². The molecule has 6 heteroatoms. The third kappa shape index (κ3) is 2.63. The average molecular weight is 310 g/mol. The molecule has 1 fully saturated rings. The average Bonchev–Trinajstić information content (AvgIpc) is 3.05. The zero-order chi connectivity index (χ0) is 15.8. The minimum atomic E-state index is -0.310. The number of amides is 1. The lowest BCUT2D eigenvalue weighted by atomic mass is 10.2. The molecule has 0 unspecified atom stereocenters. The standard InChI is InChI=1S/C17H15FN4O/c18-12-3-7-14(8-4-12)22-17(21-9-1-2-10-21)15(11-19-22)16(23)20-13-5-6-13/h1-4,7-11,13H,5-6H2,(H,20,23). The fourth-order valence-electron chi connectivity index (χ4n) is 2.49. The molecule has 0 atom stereocenters. The molecule has 0 bridgehead atoms. The Morgan fingerprint density at radius 2 is 1.87 bits per heavy atom. The van der Waals surface area contributed by atoms with E-state index in [9.17, 15) is 9.18 Å². The van der Waals surface area contributed by atoms with Crippen LogP contribution in [0.5, 0.6) is 0 Å². The lowest BCUT2D eigenvalue weighted by Crippen LogP contribution is -2.26.